The zero-order chi connectivity index (χ0) is 19.3. The summed E-state index contributed by atoms with van der Waals surface area (Å²) in [6.45, 7) is 9.13. The van der Waals surface area contributed by atoms with Gasteiger partial charge in [0.05, 0.1) is 17.0 Å². The molecule has 1 aromatic heterocycles. The van der Waals surface area contributed by atoms with E-state index in [0.29, 0.717) is 41.6 Å². The topological polar surface area (TPSA) is 84.9 Å². The third-order valence-electron chi connectivity index (χ3n) is 4.33. The minimum Gasteiger partial charge on any atom is -0.462 e. The van der Waals surface area contributed by atoms with Crippen LogP contribution in [0.4, 0.5) is 5.00 Å². The Morgan fingerprint density at radius 1 is 1.27 bits per heavy atom. The van der Waals surface area contributed by atoms with Crippen LogP contribution >= 0.6 is 11.3 Å². The van der Waals surface area contributed by atoms with E-state index in [4.69, 9.17) is 9.47 Å². The van der Waals surface area contributed by atoms with Gasteiger partial charge in [0.15, 0.2) is 0 Å². The van der Waals surface area contributed by atoms with Crippen LogP contribution in [-0.2, 0) is 14.3 Å². The van der Waals surface area contributed by atoms with Crippen molar-refractivity contribution >= 4 is 34.1 Å². The molecule has 144 valence electrons. The van der Waals surface area contributed by atoms with Crippen LogP contribution in [0.5, 0.6) is 0 Å². The maximum absolute atomic E-state index is 12.8. The van der Waals surface area contributed by atoms with E-state index in [0.717, 1.165) is 17.8 Å². The van der Waals surface area contributed by atoms with Gasteiger partial charge in [-0.3, -0.25) is 9.59 Å². The normalized spacial score (nSPS) is 16.4. The summed E-state index contributed by atoms with van der Waals surface area (Å²) in [7, 11) is 0. The van der Waals surface area contributed by atoms with E-state index in [2.05, 4.69) is 5.32 Å². The number of carbonyl (C=O) groups excluding carboxylic acids is 3. The monoisotopic (exact) mass is 382 g/mol. The lowest BCUT2D eigenvalue weighted by molar-refractivity contribution is -0.124. The minimum atomic E-state index is -0.539. The van der Waals surface area contributed by atoms with Crippen molar-refractivity contribution in [2.24, 2.45) is 0 Å². The predicted molar refractivity (Wildman–Crippen MR) is 99.9 cm³/mol. The second kappa shape index (κ2) is 9.14. The zero-order valence-corrected chi connectivity index (χ0v) is 16.5. The number of amides is 2. The number of rotatable bonds is 7. The molecule has 1 N–H and O–H groups in total. The Labute approximate surface area is 157 Å². The highest BCUT2D eigenvalue weighted by atomic mass is 32.1. The molecule has 1 fully saturated rings. The van der Waals surface area contributed by atoms with E-state index in [1.165, 1.54) is 0 Å². The molecule has 0 saturated carbocycles. The molecule has 0 aliphatic carbocycles. The molecule has 1 aromatic rings. The predicted octanol–water partition coefficient (Wildman–Crippen LogP) is 2.83. The lowest BCUT2D eigenvalue weighted by Crippen LogP contribution is -2.30. The van der Waals surface area contributed by atoms with Crippen molar-refractivity contribution < 1.29 is 23.9 Å². The number of ether oxygens (including phenoxy) is 2. The molecular formula is C18H26N2O5S. The second-order valence-corrected chi connectivity index (χ2v) is 6.97. The number of thiophene rings is 1. The summed E-state index contributed by atoms with van der Waals surface area (Å²) in [6.07, 6.45) is 0.961. The Morgan fingerprint density at radius 3 is 2.50 bits per heavy atom. The SMILES string of the molecule is CCOC(=O)c1c(NC(=O)[C@H]2CCCO2)sc(C(=O)N(CC)CC)c1C. The zero-order valence-electron chi connectivity index (χ0n) is 15.7. The number of nitrogens with zero attached hydrogens (tertiary/aromatic N) is 1. The van der Waals surface area contributed by atoms with Gasteiger partial charge < -0.3 is 19.7 Å². The van der Waals surface area contributed by atoms with Gasteiger partial charge in [-0.25, -0.2) is 4.79 Å². The number of esters is 1. The van der Waals surface area contributed by atoms with E-state index >= 15 is 0 Å². The summed E-state index contributed by atoms with van der Waals surface area (Å²) in [5, 5.41) is 3.11. The van der Waals surface area contributed by atoms with Crippen molar-refractivity contribution in [2.45, 2.75) is 46.6 Å². The highest BCUT2D eigenvalue weighted by Gasteiger charge is 2.30. The smallest absolute Gasteiger partial charge is 0.341 e. The molecule has 2 heterocycles. The number of nitrogens with one attached hydrogen (secondary N) is 1. The first kappa shape index (κ1) is 20.4. The van der Waals surface area contributed by atoms with E-state index < -0.39 is 12.1 Å². The van der Waals surface area contributed by atoms with Gasteiger partial charge in [0, 0.05) is 19.7 Å². The molecule has 1 atom stereocenters. The van der Waals surface area contributed by atoms with Crippen LogP contribution in [0.2, 0.25) is 0 Å². The Bertz CT molecular complexity index is 675. The van der Waals surface area contributed by atoms with Crippen molar-refractivity contribution in [1.29, 1.82) is 0 Å². The number of hydrogen-bond donors (Lipinski definition) is 1. The molecule has 0 bridgehead atoms. The van der Waals surface area contributed by atoms with Crippen LogP contribution < -0.4 is 5.32 Å². The van der Waals surface area contributed by atoms with E-state index in [-0.39, 0.29) is 24.0 Å². The molecule has 26 heavy (non-hydrogen) atoms. The molecule has 1 aliphatic heterocycles. The fourth-order valence-corrected chi connectivity index (χ4v) is 4.05. The van der Waals surface area contributed by atoms with Gasteiger partial charge in [0.1, 0.15) is 11.1 Å². The lowest BCUT2D eigenvalue weighted by Gasteiger charge is -2.18. The van der Waals surface area contributed by atoms with Crippen LogP contribution in [0.1, 0.15) is 59.2 Å². The average molecular weight is 382 g/mol. The molecule has 0 aromatic carbocycles. The molecule has 1 aliphatic rings. The first-order valence-corrected chi connectivity index (χ1v) is 9.78. The number of carbonyl (C=O) groups is 3. The van der Waals surface area contributed by atoms with Crippen LogP contribution in [0, 0.1) is 6.92 Å². The number of anilines is 1. The summed E-state index contributed by atoms with van der Waals surface area (Å²) in [5.74, 6) is -0.987. The maximum atomic E-state index is 12.8. The van der Waals surface area contributed by atoms with Crippen molar-refractivity contribution in [1.82, 2.24) is 4.90 Å². The van der Waals surface area contributed by atoms with Crippen LogP contribution in [0.3, 0.4) is 0 Å². The van der Waals surface area contributed by atoms with Gasteiger partial charge in [-0.15, -0.1) is 11.3 Å². The summed E-state index contributed by atoms with van der Waals surface area (Å²) < 4.78 is 10.5. The van der Waals surface area contributed by atoms with Gasteiger partial charge in [-0.1, -0.05) is 0 Å². The maximum Gasteiger partial charge on any atom is 0.341 e. The fraction of sp³-hybridized carbons (Fsp3) is 0.611. The Hall–Kier alpha value is -1.93. The lowest BCUT2D eigenvalue weighted by atomic mass is 10.1. The van der Waals surface area contributed by atoms with E-state index in [1.807, 2.05) is 13.8 Å². The van der Waals surface area contributed by atoms with Gasteiger partial charge in [-0.2, -0.15) is 0 Å². The second-order valence-electron chi connectivity index (χ2n) is 5.95. The highest BCUT2D eigenvalue weighted by molar-refractivity contribution is 7.18. The number of hydrogen-bond acceptors (Lipinski definition) is 6. The summed E-state index contributed by atoms with van der Waals surface area (Å²) in [6, 6.07) is 0. The molecule has 2 amide bonds. The molecule has 0 spiro atoms. The summed E-state index contributed by atoms with van der Waals surface area (Å²) >= 11 is 1.12. The molecule has 8 heteroatoms. The fourth-order valence-electron chi connectivity index (χ4n) is 2.89. The molecule has 0 unspecified atom stereocenters. The molecule has 7 nitrogen and oxygen atoms in total. The van der Waals surface area contributed by atoms with Gasteiger partial charge in [0.25, 0.3) is 11.8 Å². The highest BCUT2D eigenvalue weighted by Crippen LogP contribution is 2.35. The quantitative estimate of drug-likeness (QED) is 0.733. The van der Waals surface area contributed by atoms with Gasteiger partial charge in [0.2, 0.25) is 0 Å². The molecular weight excluding hydrogens is 356 g/mol. The van der Waals surface area contributed by atoms with Gasteiger partial charge in [-0.05, 0) is 46.1 Å². The average Bonchev–Trinajstić information content (AvgIpc) is 3.24. The first-order valence-electron chi connectivity index (χ1n) is 8.96. The van der Waals surface area contributed by atoms with Crippen molar-refractivity contribution in [3.05, 3.63) is 16.0 Å². The molecule has 1 saturated heterocycles. The van der Waals surface area contributed by atoms with Crippen LogP contribution in [-0.4, -0.2) is 55.1 Å². The van der Waals surface area contributed by atoms with Crippen molar-refractivity contribution in [3.8, 4) is 0 Å². The summed E-state index contributed by atoms with van der Waals surface area (Å²) in [5.41, 5.74) is 0.784. The minimum absolute atomic E-state index is 0.152. The van der Waals surface area contributed by atoms with Crippen molar-refractivity contribution in [3.63, 3.8) is 0 Å². The van der Waals surface area contributed by atoms with E-state index in [9.17, 15) is 14.4 Å². The molecule has 0 radical (unpaired) electrons. The Balaban J connectivity index is 2.37. The largest absolute Gasteiger partial charge is 0.462 e. The van der Waals surface area contributed by atoms with Crippen molar-refractivity contribution in [2.75, 3.05) is 31.6 Å². The van der Waals surface area contributed by atoms with Gasteiger partial charge >= 0.3 is 5.97 Å². The van der Waals surface area contributed by atoms with Crippen LogP contribution in [0.25, 0.3) is 0 Å². The summed E-state index contributed by atoms with van der Waals surface area (Å²) in [4.78, 5) is 39.7. The standard InChI is InChI=1S/C18H26N2O5S/c1-5-20(6-2)17(22)14-11(4)13(18(23)24-7-3)16(26-14)19-15(21)12-9-8-10-25-12/h12H,5-10H2,1-4H3,(H,19,21)/t12-/m1/s1. The Morgan fingerprint density at radius 2 is 1.96 bits per heavy atom. The third kappa shape index (κ3) is 4.24. The van der Waals surface area contributed by atoms with Crippen LogP contribution in [0.15, 0.2) is 0 Å². The van der Waals surface area contributed by atoms with E-state index in [1.54, 1.807) is 18.7 Å². The third-order valence-corrected chi connectivity index (χ3v) is 5.53. The first-order chi connectivity index (χ1) is 12.4. The Kier molecular flexibility index (Phi) is 7.16. The molecule has 2 rings (SSSR count).